The van der Waals surface area contributed by atoms with Gasteiger partial charge in [-0.2, -0.15) is 0 Å². The molecule has 0 fully saturated rings. The van der Waals surface area contributed by atoms with Gasteiger partial charge in [0, 0.05) is 6.20 Å². The highest BCUT2D eigenvalue weighted by Crippen LogP contribution is 2.20. The van der Waals surface area contributed by atoms with E-state index in [0.29, 0.717) is 0 Å². The molecule has 1 heterocycles. The predicted octanol–water partition coefficient (Wildman–Crippen LogP) is 2.35. The topological polar surface area (TPSA) is 88.5 Å². The number of ether oxygens (including phenoxy) is 1. The number of carbonyl (C=O) groups excluding carboxylic acids is 1. The molecule has 21 heavy (non-hydrogen) atoms. The number of methoxy groups -OCH3 is 1. The smallest absolute Gasteiger partial charge is 0.337 e. The Morgan fingerprint density at radius 3 is 2.67 bits per heavy atom. The molecule has 0 unspecified atom stereocenters. The maximum atomic E-state index is 12.2. The van der Waals surface area contributed by atoms with Crippen LogP contribution in [0, 0.1) is 6.92 Å². The molecular weight excluding hydrogens is 272 g/mol. The van der Waals surface area contributed by atoms with Crippen molar-refractivity contribution in [2.45, 2.75) is 6.92 Å². The molecule has 0 radical (unpaired) electrons. The fourth-order valence-electron chi connectivity index (χ4n) is 1.86. The fourth-order valence-corrected chi connectivity index (χ4v) is 1.86. The molecule has 0 spiro atoms. The Labute approximate surface area is 121 Å². The summed E-state index contributed by atoms with van der Waals surface area (Å²) in [4.78, 5) is 27.4. The first-order valence-corrected chi connectivity index (χ1v) is 6.17. The first-order chi connectivity index (χ1) is 10.0. The highest BCUT2D eigenvalue weighted by atomic mass is 16.5. The Kier molecular flexibility index (Phi) is 4.18. The van der Waals surface area contributed by atoms with Gasteiger partial charge in [-0.15, -0.1) is 0 Å². The van der Waals surface area contributed by atoms with Gasteiger partial charge >= 0.3 is 5.97 Å². The van der Waals surface area contributed by atoms with Gasteiger partial charge in [0.15, 0.2) is 0 Å². The second kappa shape index (κ2) is 6.04. The minimum atomic E-state index is -1.10. The first kappa shape index (κ1) is 14.5. The van der Waals surface area contributed by atoms with E-state index in [2.05, 4.69) is 10.3 Å². The number of aryl methyl sites for hydroxylation is 1. The molecule has 1 amide bonds. The van der Waals surface area contributed by atoms with Crippen molar-refractivity contribution in [3.63, 3.8) is 0 Å². The SMILES string of the molecule is COc1ncccc1C(=O)Nc1ccc(C)cc1C(=O)O. The summed E-state index contributed by atoms with van der Waals surface area (Å²) in [6, 6.07) is 7.93. The average molecular weight is 286 g/mol. The van der Waals surface area contributed by atoms with E-state index in [-0.39, 0.29) is 22.7 Å². The summed E-state index contributed by atoms with van der Waals surface area (Å²) in [5.74, 6) is -1.41. The van der Waals surface area contributed by atoms with Crippen LogP contribution in [0.2, 0.25) is 0 Å². The lowest BCUT2D eigenvalue weighted by Gasteiger charge is -2.10. The van der Waals surface area contributed by atoms with Crippen molar-refractivity contribution >= 4 is 17.6 Å². The van der Waals surface area contributed by atoms with E-state index in [4.69, 9.17) is 4.74 Å². The Balaban J connectivity index is 2.34. The van der Waals surface area contributed by atoms with Gasteiger partial charge in [-0.3, -0.25) is 4.79 Å². The summed E-state index contributed by atoms with van der Waals surface area (Å²) in [5, 5.41) is 11.8. The maximum absolute atomic E-state index is 12.2. The number of pyridine rings is 1. The van der Waals surface area contributed by atoms with Crippen molar-refractivity contribution < 1.29 is 19.4 Å². The third-order valence-corrected chi connectivity index (χ3v) is 2.86. The molecule has 108 valence electrons. The minimum Gasteiger partial charge on any atom is -0.480 e. The molecule has 0 atom stereocenters. The van der Waals surface area contributed by atoms with Crippen LogP contribution in [0.15, 0.2) is 36.5 Å². The minimum absolute atomic E-state index is 0.0335. The van der Waals surface area contributed by atoms with Crippen molar-refractivity contribution in [1.82, 2.24) is 4.98 Å². The van der Waals surface area contributed by atoms with Crippen LogP contribution in [0.4, 0.5) is 5.69 Å². The van der Waals surface area contributed by atoms with E-state index in [1.807, 2.05) is 0 Å². The molecule has 0 aliphatic carbocycles. The van der Waals surface area contributed by atoms with Crippen LogP contribution >= 0.6 is 0 Å². The van der Waals surface area contributed by atoms with E-state index in [9.17, 15) is 14.7 Å². The molecule has 0 aliphatic rings. The van der Waals surface area contributed by atoms with Gasteiger partial charge in [0.25, 0.3) is 5.91 Å². The average Bonchev–Trinajstić information content (AvgIpc) is 2.48. The highest BCUT2D eigenvalue weighted by Gasteiger charge is 2.17. The molecule has 2 aromatic rings. The largest absolute Gasteiger partial charge is 0.480 e. The molecule has 0 saturated heterocycles. The van der Waals surface area contributed by atoms with Crippen LogP contribution in [0.3, 0.4) is 0 Å². The summed E-state index contributed by atoms with van der Waals surface area (Å²) in [6.45, 7) is 1.78. The third-order valence-electron chi connectivity index (χ3n) is 2.86. The molecule has 0 saturated carbocycles. The van der Waals surface area contributed by atoms with Crippen molar-refractivity contribution in [3.8, 4) is 5.88 Å². The molecule has 1 aromatic heterocycles. The number of carbonyl (C=O) groups is 2. The highest BCUT2D eigenvalue weighted by molar-refractivity contribution is 6.08. The number of aromatic nitrogens is 1. The monoisotopic (exact) mass is 286 g/mol. The molecule has 6 nitrogen and oxygen atoms in total. The molecule has 2 N–H and O–H groups in total. The second-order valence-electron chi connectivity index (χ2n) is 4.37. The lowest BCUT2D eigenvalue weighted by atomic mass is 10.1. The quantitative estimate of drug-likeness (QED) is 0.900. The van der Waals surface area contributed by atoms with E-state index < -0.39 is 11.9 Å². The Morgan fingerprint density at radius 2 is 2.00 bits per heavy atom. The number of rotatable bonds is 4. The Morgan fingerprint density at radius 1 is 1.24 bits per heavy atom. The van der Waals surface area contributed by atoms with E-state index >= 15 is 0 Å². The lowest BCUT2D eigenvalue weighted by molar-refractivity contribution is 0.0698. The Hall–Kier alpha value is -2.89. The number of anilines is 1. The molecule has 6 heteroatoms. The van der Waals surface area contributed by atoms with Crippen molar-refractivity contribution in [2.75, 3.05) is 12.4 Å². The number of carboxylic acids is 1. The fraction of sp³-hybridized carbons (Fsp3) is 0.133. The van der Waals surface area contributed by atoms with Gasteiger partial charge in [0.1, 0.15) is 5.56 Å². The summed E-state index contributed by atoms with van der Waals surface area (Å²) < 4.78 is 5.01. The molecule has 1 aromatic carbocycles. The van der Waals surface area contributed by atoms with E-state index in [0.717, 1.165) is 5.56 Å². The predicted molar refractivity (Wildman–Crippen MR) is 76.9 cm³/mol. The number of amides is 1. The van der Waals surface area contributed by atoms with Crippen LogP contribution in [0.25, 0.3) is 0 Å². The maximum Gasteiger partial charge on any atom is 0.337 e. The summed E-state index contributed by atoms with van der Waals surface area (Å²) in [7, 11) is 1.41. The van der Waals surface area contributed by atoms with Crippen LogP contribution < -0.4 is 10.1 Å². The number of carboxylic acid groups (broad SMARTS) is 1. The number of hydrogen-bond donors (Lipinski definition) is 2. The number of hydrogen-bond acceptors (Lipinski definition) is 4. The lowest BCUT2D eigenvalue weighted by Crippen LogP contribution is -2.16. The van der Waals surface area contributed by atoms with Gasteiger partial charge in [-0.05, 0) is 31.2 Å². The van der Waals surface area contributed by atoms with Gasteiger partial charge in [-0.25, -0.2) is 9.78 Å². The van der Waals surface area contributed by atoms with Crippen molar-refractivity contribution in [2.24, 2.45) is 0 Å². The molecule has 0 bridgehead atoms. The van der Waals surface area contributed by atoms with Crippen LogP contribution in [-0.4, -0.2) is 29.1 Å². The van der Waals surface area contributed by atoms with Gasteiger partial charge in [0.2, 0.25) is 5.88 Å². The van der Waals surface area contributed by atoms with Crippen LogP contribution in [-0.2, 0) is 0 Å². The summed E-state index contributed by atoms with van der Waals surface area (Å²) in [5.41, 5.74) is 1.29. The van der Waals surface area contributed by atoms with Crippen molar-refractivity contribution in [3.05, 3.63) is 53.2 Å². The van der Waals surface area contributed by atoms with Gasteiger partial charge in [-0.1, -0.05) is 11.6 Å². The molecular formula is C15H14N2O4. The number of nitrogens with zero attached hydrogens (tertiary/aromatic N) is 1. The normalized spacial score (nSPS) is 10.0. The van der Waals surface area contributed by atoms with Crippen molar-refractivity contribution in [1.29, 1.82) is 0 Å². The number of aromatic carboxylic acids is 1. The van der Waals surface area contributed by atoms with Crippen LogP contribution in [0.1, 0.15) is 26.3 Å². The van der Waals surface area contributed by atoms with Gasteiger partial charge in [0.05, 0.1) is 18.4 Å². The zero-order valence-electron chi connectivity index (χ0n) is 11.6. The second-order valence-corrected chi connectivity index (χ2v) is 4.37. The zero-order chi connectivity index (χ0) is 15.4. The van der Waals surface area contributed by atoms with Gasteiger partial charge < -0.3 is 15.2 Å². The zero-order valence-corrected chi connectivity index (χ0v) is 11.6. The molecule has 2 rings (SSSR count). The summed E-state index contributed by atoms with van der Waals surface area (Å²) in [6.07, 6.45) is 1.50. The first-order valence-electron chi connectivity index (χ1n) is 6.17. The third kappa shape index (κ3) is 3.17. The molecule has 0 aliphatic heterocycles. The summed E-state index contributed by atoms with van der Waals surface area (Å²) >= 11 is 0. The number of nitrogens with one attached hydrogen (secondary N) is 1. The van der Waals surface area contributed by atoms with Crippen LogP contribution in [0.5, 0.6) is 5.88 Å². The number of benzene rings is 1. The van der Waals surface area contributed by atoms with E-state index in [1.54, 1.807) is 31.2 Å². The standard InChI is InChI=1S/C15H14N2O4/c1-9-5-6-12(11(8-9)15(19)20)17-13(18)10-4-3-7-16-14(10)21-2/h3-8H,1-2H3,(H,17,18)(H,19,20). The Bertz CT molecular complexity index is 698. The van der Waals surface area contributed by atoms with E-state index in [1.165, 1.54) is 19.4 Å².